The van der Waals surface area contributed by atoms with Crippen LogP contribution in [0.3, 0.4) is 0 Å². The summed E-state index contributed by atoms with van der Waals surface area (Å²) < 4.78 is 32.8. The average molecular weight is 351 g/mol. The van der Waals surface area contributed by atoms with E-state index in [1.54, 1.807) is 6.07 Å². The zero-order valence-corrected chi connectivity index (χ0v) is 12.4. The van der Waals surface area contributed by atoms with E-state index < -0.39 is 11.6 Å². The minimum atomic E-state index is -1.11. The van der Waals surface area contributed by atoms with Gasteiger partial charge in [-0.05, 0) is 43.0 Å². The van der Waals surface area contributed by atoms with E-state index in [1.165, 1.54) is 6.07 Å². The van der Waals surface area contributed by atoms with Crippen molar-refractivity contribution in [1.82, 2.24) is 4.98 Å². The number of nitriles is 1. The van der Waals surface area contributed by atoms with Crippen molar-refractivity contribution in [3.8, 4) is 17.7 Å². The molecule has 1 heterocycles. The van der Waals surface area contributed by atoms with Crippen LogP contribution >= 0.6 is 15.9 Å². The SMILES string of the molecule is N#Cc1cc2c(nc1Oc1cc(Br)cc(F)c1F)CCC2. The maximum Gasteiger partial charge on any atom is 0.237 e. The predicted octanol–water partition coefficient (Wildman–Crippen LogP) is 4.27. The predicted molar refractivity (Wildman–Crippen MR) is 75.1 cm³/mol. The second kappa shape index (κ2) is 5.41. The number of nitrogens with zero attached hydrogens (tertiary/aromatic N) is 2. The van der Waals surface area contributed by atoms with Crippen LogP contribution in [0.5, 0.6) is 11.6 Å². The maximum atomic E-state index is 13.7. The third-order valence-corrected chi connectivity index (χ3v) is 3.76. The van der Waals surface area contributed by atoms with Crippen molar-refractivity contribution < 1.29 is 13.5 Å². The summed E-state index contributed by atoms with van der Waals surface area (Å²) in [6.07, 6.45) is 2.64. The number of hydrogen-bond donors (Lipinski definition) is 0. The van der Waals surface area contributed by atoms with E-state index in [2.05, 4.69) is 20.9 Å². The summed E-state index contributed by atoms with van der Waals surface area (Å²) in [5, 5.41) is 9.16. The lowest BCUT2D eigenvalue weighted by Gasteiger charge is -2.10. The van der Waals surface area contributed by atoms with E-state index in [0.29, 0.717) is 4.47 Å². The quantitative estimate of drug-likeness (QED) is 0.759. The van der Waals surface area contributed by atoms with Gasteiger partial charge < -0.3 is 4.74 Å². The van der Waals surface area contributed by atoms with Gasteiger partial charge in [-0.25, -0.2) is 9.37 Å². The fraction of sp³-hybridized carbons (Fsp3) is 0.200. The molecule has 3 rings (SSSR count). The third kappa shape index (κ3) is 2.61. The molecule has 6 heteroatoms. The summed E-state index contributed by atoms with van der Waals surface area (Å²) in [6, 6.07) is 5.99. The van der Waals surface area contributed by atoms with Crippen molar-refractivity contribution in [2.45, 2.75) is 19.3 Å². The molecule has 1 aliphatic rings. The number of hydrogen-bond acceptors (Lipinski definition) is 3. The van der Waals surface area contributed by atoms with E-state index in [-0.39, 0.29) is 17.2 Å². The van der Waals surface area contributed by atoms with E-state index in [9.17, 15) is 8.78 Å². The molecule has 3 nitrogen and oxygen atoms in total. The van der Waals surface area contributed by atoms with Gasteiger partial charge in [0.25, 0.3) is 0 Å². The molecular weight excluding hydrogens is 342 g/mol. The second-order valence-electron chi connectivity index (χ2n) is 4.71. The Labute approximate surface area is 128 Å². The lowest BCUT2D eigenvalue weighted by atomic mass is 10.1. The van der Waals surface area contributed by atoms with Gasteiger partial charge in [0.2, 0.25) is 11.7 Å². The number of rotatable bonds is 2. The Kier molecular flexibility index (Phi) is 3.60. The van der Waals surface area contributed by atoms with Crippen LogP contribution in [0.2, 0.25) is 0 Å². The topological polar surface area (TPSA) is 45.9 Å². The van der Waals surface area contributed by atoms with Crippen molar-refractivity contribution in [2.24, 2.45) is 0 Å². The number of benzene rings is 1. The standard InChI is InChI=1S/C15H9BrF2N2O/c16-10-5-11(17)14(18)13(6-10)21-15-9(7-19)4-8-2-1-3-12(8)20-15/h4-6H,1-3H2. The van der Waals surface area contributed by atoms with Crippen LogP contribution in [0.15, 0.2) is 22.7 Å². The molecule has 0 atom stereocenters. The van der Waals surface area contributed by atoms with Gasteiger partial charge in [0.15, 0.2) is 11.6 Å². The summed E-state index contributed by atoms with van der Waals surface area (Å²) in [4.78, 5) is 4.27. The molecule has 0 spiro atoms. The fourth-order valence-corrected chi connectivity index (χ4v) is 2.73. The summed E-state index contributed by atoms with van der Waals surface area (Å²) in [7, 11) is 0. The minimum absolute atomic E-state index is 0.00884. The maximum absolute atomic E-state index is 13.7. The highest BCUT2D eigenvalue weighted by molar-refractivity contribution is 9.10. The summed E-state index contributed by atoms with van der Waals surface area (Å²) in [6.45, 7) is 0. The first-order valence-corrected chi connectivity index (χ1v) is 7.13. The van der Waals surface area contributed by atoms with Gasteiger partial charge in [-0.3, -0.25) is 0 Å². The van der Waals surface area contributed by atoms with Gasteiger partial charge in [-0.2, -0.15) is 9.65 Å². The van der Waals surface area contributed by atoms with Crippen LogP contribution in [0, 0.1) is 23.0 Å². The molecule has 0 saturated carbocycles. The number of aromatic nitrogens is 1. The molecule has 1 aromatic carbocycles. The molecule has 1 aliphatic carbocycles. The van der Waals surface area contributed by atoms with Gasteiger partial charge in [-0.1, -0.05) is 15.9 Å². The summed E-state index contributed by atoms with van der Waals surface area (Å²) in [5.41, 5.74) is 2.08. The Morgan fingerprint density at radius 3 is 2.81 bits per heavy atom. The molecule has 2 aromatic rings. The van der Waals surface area contributed by atoms with Crippen molar-refractivity contribution in [3.63, 3.8) is 0 Å². The normalized spacial score (nSPS) is 12.9. The van der Waals surface area contributed by atoms with Crippen LogP contribution < -0.4 is 4.74 Å². The van der Waals surface area contributed by atoms with Gasteiger partial charge >= 0.3 is 0 Å². The monoisotopic (exact) mass is 350 g/mol. The smallest absolute Gasteiger partial charge is 0.237 e. The van der Waals surface area contributed by atoms with Gasteiger partial charge in [0.05, 0.1) is 0 Å². The molecule has 21 heavy (non-hydrogen) atoms. The highest BCUT2D eigenvalue weighted by atomic mass is 79.9. The van der Waals surface area contributed by atoms with Crippen LogP contribution in [-0.4, -0.2) is 4.98 Å². The number of pyridine rings is 1. The molecule has 0 unspecified atom stereocenters. The molecule has 0 saturated heterocycles. The largest absolute Gasteiger partial charge is 0.434 e. The zero-order valence-electron chi connectivity index (χ0n) is 10.8. The van der Waals surface area contributed by atoms with Gasteiger partial charge in [-0.15, -0.1) is 0 Å². The molecule has 0 bridgehead atoms. The molecule has 1 aromatic heterocycles. The van der Waals surface area contributed by atoms with Crippen LogP contribution in [0.4, 0.5) is 8.78 Å². The average Bonchev–Trinajstić information content (AvgIpc) is 2.90. The van der Waals surface area contributed by atoms with Gasteiger partial charge in [0, 0.05) is 10.2 Å². The minimum Gasteiger partial charge on any atom is -0.434 e. The Balaban J connectivity index is 2.05. The van der Waals surface area contributed by atoms with Crippen molar-refractivity contribution in [1.29, 1.82) is 5.26 Å². The van der Waals surface area contributed by atoms with Crippen LogP contribution in [0.25, 0.3) is 0 Å². The van der Waals surface area contributed by atoms with E-state index in [1.807, 2.05) is 6.07 Å². The summed E-state index contributed by atoms with van der Waals surface area (Å²) >= 11 is 3.07. The highest BCUT2D eigenvalue weighted by Crippen LogP contribution is 2.32. The van der Waals surface area contributed by atoms with E-state index >= 15 is 0 Å². The van der Waals surface area contributed by atoms with Crippen LogP contribution in [-0.2, 0) is 12.8 Å². The molecular formula is C15H9BrF2N2O. The number of fused-ring (bicyclic) bond motifs is 1. The molecule has 106 valence electrons. The molecule has 0 amide bonds. The third-order valence-electron chi connectivity index (χ3n) is 3.30. The van der Waals surface area contributed by atoms with Crippen molar-refractivity contribution >= 4 is 15.9 Å². The Morgan fingerprint density at radius 2 is 2.05 bits per heavy atom. The van der Waals surface area contributed by atoms with Crippen molar-refractivity contribution in [2.75, 3.05) is 0 Å². The second-order valence-corrected chi connectivity index (χ2v) is 5.63. The van der Waals surface area contributed by atoms with E-state index in [4.69, 9.17) is 10.00 Å². The molecule has 0 fully saturated rings. The van der Waals surface area contributed by atoms with Crippen LogP contribution in [0.1, 0.15) is 23.2 Å². The first-order valence-electron chi connectivity index (χ1n) is 6.34. The lowest BCUT2D eigenvalue weighted by Crippen LogP contribution is -1.99. The van der Waals surface area contributed by atoms with Crippen molar-refractivity contribution in [3.05, 3.63) is 51.1 Å². The Bertz CT molecular complexity index is 771. The number of ether oxygens (including phenoxy) is 1. The highest BCUT2D eigenvalue weighted by Gasteiger charge is 2.19. The molecule has 0 N–H and O–H groups in total. The number of aryl methyl sites for hydroxylation is 2. The Morgan fingerprint density at radius 1 is 1.24 bits per heavy atom. The fourth-order valence-electron chi connectivity index (χ4n) is 2.32. The van der Waals surface area contributed by atoms with E-state index in [0.717, 1.165) is 36.6 Å². The Hall–Kier alpha value is -2.00. The molecule has 0 radical (unpaired) electrons. The first-order chi connectivity index (χ1) is 10.1. The summed E-state index contributed by atoms with van der Waals surface area (Å²) in [5.74, 6) is -2.43. The molecule has 0 aliphatic heterocycles. The number of halogens is 3. The van der Waals surface area contributed by atoms with Gasteiger partial charge in [0.1, 0.15) is 11.6 Å². The zero-order chi connectivity index (χ0) is 15.0. The first kappa shape index (κ1) is 14.0. The lowest BCUT2D eigenvalue weighted by molar-refractivity contribution is 0.403.